The van der Waals surface area contributed by atoms with Gasteiger partial charge in [-0.2, -0.15) is 0 Å². The van der Waals surface area contributed by atoms with Crippen LogP contribution in [0.3, 0.4) is 0 Å². The summed E-state index contributed by atoms with van der Waals surface area (Å²) in [6, 6.07) is 10.3. The van der Waals surface area contributed by atoms with E-state index >= 15 is 0 Å². The summed E-state index contributed by atoms with van der Waals surface area (Å²) in [6.07, 6.45) is 2.61. The van der Waals surface area contributed by atoms with Crippen molar-refractivity contribution in [3.8, 4) is 0 Å². The second-order valence-corrected chi connectivity index (χ2v) is 4.58. The van der Waals surface area contributed by atoms with Gasteiger partial charge in [-0.1, -0.05) is 35.9 Å². The first kappa shape index (κ1) is 9.05. The first-order valence-electron chi connectivity index (χ1n) is 5.24. The molecular weight excluding hydrogens is 206 g/mol. The molecule has 1 fully saturated rings. The molecule has 0 atom stereocenters. The Balaban J connectivity index is 2.35. The van der Waals surface area contributed by atoms with Crippen molar-refractivity contribution < 1.29 is 0 Å². The average Bonchev–Trinajstić information content (AvgIpc) is 3.07. The van der Waals surface area contributed by atoms with E-state index in [-0.39, 0.29) is 0 Å². The maximum absolute atomic E-state index is 6.01. The molecule has 76 valence electrons. The average molecular weight is 218 g/mol. The number of fused-ring (bicyclic) bond motifs is 1. The van der Waals surface area contributed by atoms with Crippen molar-refractivity contribution in [1.29, 1.82) is 0 Å². The molecule has 1 aliphatic rings. The number of nitrogen functional groups attached to an aromatic ring is 1. The van der Waals surface area contributed by atoms with Crippen LogP contribution in [0.15, 0.2) is 30.3 Å². The zero-order chi connectivity index (χ0) is 10.4. The van der Waals surface area contributed by atoms with Crippen LogP contribution in [0.5, 0.6) is 0 Å². The van der Waals surface area contributed by atoms with Gasteiger partial charge in [0.2, 0.25) is 0 Å². The Labute approximate surface area is 93.8 Å². The fourth-order valence-corrected chi connectivity index (χ4v) is 2.29. The molecule has 0 saturated heterocycles. The van der Waals surface area contributed by atoms with Crippen molar-refractivity contribution in [2.45, 2.75) is 18.8 Å². The van der Waals surface area contributed by atoms with Crippen LogP contribution < -0.4 is 5.73 Å². The molecule has 0 bridgehead atoms. The van der Waals surface area contributed by atoms with Crippen LogP contribution in [0.1, 0.15) is 24.3 Å². The number of rotatable bonds is 1. The quantitative estimate of drug-likeness (QED) is 0.720. The van der Waals surface area contributed by atoms with Crippen LogP contribution in [-0.2, 0) is 0 Å². The third kappa shape index (κ3) is 1.38. The lowest BCUT2D eigenvalue weighted by Crippen LogP contribution is -1.90. The second kappa shape index (κ2) is 3.14. The summed E-state index contributed by atoms with van der Waals surface area (Å²) in [7, 11) is 0. The summed E-state index contributed by atoms with van der Waals surface area (Å²) < 4.78 is 0. The zero-order valence-electron chi connectivity index (χ0n) is 8.33. The topological polar surface area (TPSA) is 26.0 Å². The van der Waals surface area contributed by atoms with Crippen molar-refractivity contribution in [3.63, 3.8) is 0 Å². The molecule has 15 heavy (non-hydrogen) atoms. The number of hydrogen-bond acceptors (Lipinski definition) is 1. The fraction of sp³-hybridized carbons (Fsp3) is 0.231. The molecule has 3 rings (SSSR count). The van der Waals surface area contributed by atoms with Gasteiger partial charge < -0.3 is 5.73 Å². The summed E-state index contributed by atoms with van der Waals surface area (Å²) in [4.78, 5) is 0. The predicted octanol–water partition coefficient (Wildman–Crippen LogP) is 3.95. The second-order valence-electron chi connectivity index (χ2n) is 4.18. The van der Waals surface area contributed by atoms with E-state index in [9.17, 15) is 0 Å². The van der Waals surface area contributed by atoms with E-state index in [0.717, 1.165) is 11.3 Å². The Kier molecular flexibility index (Phi) is 1.89. The van der Waals surface area contributed by atoms with E-state index in [1.165, 1.54) is 23.8 Å². The molecule has 0 spiro atoms. The monoisotopic (exact) mass is 217 g/mol. The summed E-state index contributed by atoms with van der Waals surface area (Å²) in [6.45, 7) is 0. The lowest BCUT2D eigenvalue weighted by Gasteiger charge is -2.08. The predicted molar refractivity (Wildman–Crippen MR) is 65.3 cm³/mol. The highest BCUT2D eigenvalue weighted by molar-refractivity contribution is 6.34. The number of benzene rings is 2. The number of hydrogen-bond donors (Lipinski definition) is 1. The van der Waals surface area contributed by atoms with Crippen LogP contribution in [-0.4, -0.2) is 0 Å². The van der Waals surface area contributed by atoms with Crippen LogP contribution in [0.2, 0.25) is 5.02 Å². The van der Waals surface area contributed by atoms with Gasteiger partial charge in [0.15, 0.2) is 0 Å². The molecule has 2 N–H and O–H groups in total. The SMILES string of the molecule is Nc1c(Cl)ccc2c(C3CC3)cccc12. The van der Waals surface area contributed by atoms with Gasteiger partial charge in [-0.05, 0) is 35.8 Å². The minimum atomic E-state index is 0.649. The smallest absolute Gasteiger partial charge is 0.0642 e. The maximum Gasteiger partial charge on any atom is 0.0642 e. The number of nitrogens with two attached hydrogens (primary N) is 1. The lowest BCUT2D eigenvalue weighted by molar-refractivity contribution is 1.15. The first-order valence-corrected chi connectivity index (χ1v) is 5.62. The molecule has 0 aliphatic heterocycles. The Bertz CT molecular complexity index is 529. The van der Waals surface area contributed by atoms with Gasteiger partial charge in [0.25, 0.3) is 0 Å². The van der Waals surface area contributed by atoms with E-state index < -0.39 is 0 Å². The van der Waals surface area contributed by atoms with E-state index in [1.54, 1.807) is 0 Å². The van der Waals surface area contributed by atoms with Gasteiger partial charge in [0.05, 0.1) is 10.7 Å². The van der Waals surface area contributed by atoms with Gasteiger partial charge in [-0.25, -0.2) is 0 Å². The van der Waals surface area contributed by atoms with Crippen molar-refractivity contribution in [1.82, 2.24) is 0 Å². The largest absolute Gasteiger partial charge is 0.397 e. The first-order chi connectivity index (χ1) is 7.27. The van der Waals surface area contributed by atoms with Crippen molar-refractivity contribution in [3.05, 3.63) is 40.9 Å². The summed E-state index contributed by atoms with van der Waals surface area (Å²) in [5, 5.41) is 3.00. The highest BCUT2D eigenvalue weighted by atomic mass is 35.5. The minimum absolute atomic E-state index is 0.649. The molecule has 0 aromatic heterocycles. The van der Waals surface area contributed by atoms with E-state index in [1.807, 2.05) is 12.1 Å². The molecule has 1 saturated carbocycles. The highest BCUT2D eigenvalue weighted by Gasteiger charge is 2.25. The molecule has 0 radical (unpaired) electrons. The lowest BCUT2D eigenvalue weighted by atomic mass is 10.0. The Morgan fingerprint density at radius 3 is 2.60 bits per heavy atom. The molecule has 0 amide bonds. The zero-order valence-corrected chi connectivity index (χ0v) is 9.09. The molecule has 1 nitrogen and oxygen atoms in total. The molecule has 2 aromatic carbocycles. The van der Waals surface area contributed by atoms with Crippen LogP contribution >= 0.6 is 11.6 Å². The maximum atomic E-state index is 6.01. The number of halogens is 1. The minimum Gasteiger partial charge on any atom is -0.397 e. The Hall–Kier alpha value is -1.21. The molecule has 2 aromatic rings. The van der Waals surface area contributed by atoms with E-state index in [2.05, 4.69) is 18.2 Å². The van der Waals surface area contributed by atoms with Crippen LogP contribution in [0, 0.1) is 0 Å². The van der Waals surface area contributed by atoms with Gasteiger partial charge in [-0.15, -0.1) is 0 Å². The number of anilines is 1. The summed E-state index contributed by atoms with van der Waals surface area (Å²) in [5.41, 5.74) is 8.11. The highest BCUT2D eigenvalue weighted by Crippen LogP contribution is 2.44. The molecule has 2 heteroatoms. The summed E-state index contributed by atoms with van der Waals surface area (Å²) in [5.74, 6) is 0.745. The molecular formula is C13H12ClN. The van der Waals surface area contributed by atoms with Gasteiger partial charge >= 0.3 is 0 Å². The molecule has 0 heterocycles. The third-order valence-electron chi connectivity index (χ3n) is 3.10. The van der Waals surface area contributed by atoms with Gasteiger partial charge in [0.1, 0.15) is 0 Å². The van der Waals surface area contributed by atoms with Crippen molar-refractivity contribution in [2.24, 2.45) is 0 Å². The van der Waals surface area contributed by atoms with Crippen molar-refractivity contribution in [2.75, 3.05) is 5.73 Å². The van der Waals surface area contributed by atoms with E-state index in [4.69, 9.17) is 17.3 Å². The standard InChI is InChI=1S/C13H12ClN/c14-12-7-6-10-9(8-4-5-8)2-1-3-11(10)13(12)15/h1-3,6-8H,4-5,15H2. The fourth-order valence-electron chi connectivity index (χ4n) is 2.13. The summed E-state index contributed by atoms with van der Waals surface area (Å²) >= 11 is 6.01. The van der Waals surface area contributed by atoms with Gasteiger partial charge in [0, 0.05) is 5.39 Å². The molecule has 0 unspecified atom stereocenters. The Morgan fingerprint density at radius 2 is 1.87 bits per heavy atom. The van der Waals surface area contributed by atoms with Gasteiger partial charge in [-0.3, -0.25) is 0 Å². The van der Waals surface area contributed by atoms with Crippen LogP contribution in [0.25, 0.3) is 10.8 Å². The molecule has 1 aliphatic carbocycles. The van der Waals surface area contributed by atoms with E-state index in [0.29, 0.717) is 10.7 Å². The Morgan fingerprint density at radius 1 is 1.07 bits per heavy atom. The third-order valence-corrected chi connectivity index (χ3v) is 3.43. The normalized spacial score (nSPS) is 15.8. The van der Waals surface area contributed by atoms with Crippen molar-refractivity contribution >= 4 is 28.1 Å². The van der Waals surface area contributed by atoms with Crippen LogP contribution in [0.4, 0.5) is 5.69 Å².